The van der Waals surface area contributed by atoms with E-state index in [9.17, 15) is 4.79 Å². The Hall–Kier alpha value is -1.81. The summed E-state index contributed by atoms with van der Waals surface area (Å²) in [4.78, 5) is 15.1. The number of rotatable bonds is 1. The average molecular weight is 235 g/mol. The van der Waals surface area contributed by atoms with Crippen molar-refractivity contribution in [3.8, 4) is 11.4 Å². The second kappa shape index (κ2) is 3.09. The molecule has 1 aromatic carbocycles. The van der Waals surface area contributed by atoms with E-state index in [1.807, 2.05) is 12.1 Å². The Bertz CT molecular complexity index is 604. The highest BCUT2D eigenvalue weighted by Crippen LogP contribution is 2.33. The number of hydrogen-bond acceptors (Lipinski definition) is 2. The molecular weight excluding hydrogens is 228 g/mol. The van der Waals surface area contributed by atoms with Gasteiger partial charge in [0.25, 0.3) is 0 Å². The maximum absolute atomic E-state index is 11.0. The molecule has 4 nitrogen and oxygen atoms in total. The van der Waals surface area contributed by atoms with Crippen LogP contribution >= 0.6 is 11.6 Å². The maximum Gasteiger partial charge on any atom is 0.354 e. The number of carbonyl (C=O) groups is 1. The second-order valence-electron chi connectivity index (χ2n) is 3.66. The number of fused-ring (bicyclic) bond motifs is 3. The minimum Gasteiger partial charge on any atom is -0.477 e. The molecule has 0 atom stereocenters. The minimum atomic E-state index is -0.961. The molecule has 0 aliphatic carbocycles. The van der Waals surface area contributed by atoms with Crippen molar-refractivity contribution in [1.82, 2.24) is 9.55 Å². The Kier molecular flexibility index (Phi) is 1.82. The van der Waals surface area contributed by atoms with E-state index < -0.39 is 5.97 Å². The van der Waals surface area contributed by atoms with Gasteiger partial charge in [-0.25, -0.2) is 9.78 Å². The molecule has 1 aliphatic heterocycles. The first-order valence-electron chi connectivity index (χ1n) is 4.74. The van der Waals surface area contributed by atoms with Crippen LogP contribution in [0.4, 0.5) is 0 Å². The van der Waals surface area contributed by atoms with Gasteiger partial charge in [-0.2, -0.15) is 0 Å². The molecule has 0 saturated heterocycles. The summed E-state index contributed by atoms with van der Waals surface area (Å²) in [6, 6.07) is 5.51. The standard InChI is InChI=1S/C11H7ClN2O2/c12-7-2-1-6-5-14-9(11(15)16)4-13-10(14)8(6)3-7/h1-4H,5H2,(H,15,16). The molecule has 0 fully saturated rings. The van der Waals surface area contributed by atoms with Gasteiger partial charge in [0.1, 0.15) is 11.5 Å². The number of aromatic nitrogens is 2. The van der Waals surface area contributed by atoms with Gasteiger partial charge in [-0.15, -0.1) is 0 Å². The first kappa shape index (κ1) is 9.42. The third-order valence-electron chi connectivity index (χ3n) is 2.72. The Morgan fingerprint density at radius 2 is 2.31 bits per heavy atom. The Morgan fingerprint density at radius 1 is 1.50 bits per heavy atom. The van der Waals surface area contributed by atoms with E-state index in [4.69, 9.17) is 16.7 Å². The molecule has 0 bridgehead atoms. The number of aromatic carboxylic acids is 1. The van der Waals surface area contributed by atoms with Crippen molar-refractivity contribution in [2.24, 2.45) is 0 Å². The Labute approximate surface area is 96.1 Å². The molecule has 0 unspecified atom stereocenters. The van der Waals surface area contributed by atoms with Crippen LogP contribution in [0.5, 0.6) is 0 Å². The summed E-state index contributed by atoms with van der Waals surface area (Å²) in [5.41, 5.74) is 2.18. The molecular formula is C11H7ClN2O2. The summed E-state index contributed by atoms with van der Waals surface area (Å²) in [7, 11) is 0. The van der Waals surface area contributed by atoms with Gasteiger partial charge in [0, 0.05) is 10.6 Å². The zero-order chi connectivity index (χ0) is 11.3. The summed E-state index contributed by atoms with van der Waals surface area (Å²) >= 11 is 5.91. The summed E-state index contributed by atoms with van der Waals surface area (Å²) in [6.45, 7) is 0.545. The fraction of sp³-hybridized carbons (Fsp3) is 0.0909. The summed E-state index contributed by atoms with van der Waals surface area (Å²) < 4.78 is 1.68. The van der Waals surface area contributed by atoms with Gasteiger partial charge in [-0.3, -0.25) is 0 Å². The molecule has 1 aromatic heterocycles. The molecule has 0 amide bonds. The molecule has 0 radical (unpaired) electrons. The fourth-order valence-corrected chi connectivity index (χ4v) is 2.16. The first-order valence-corrected chi connectivity index (χ1v) is 5.12. The van der Waals surface area contributed by atoms with Gasteiger partial charge in [0.15, 0.2) is 0 Å². The van der Waals surface area contributed by atoms with E-state index in [0.29, 0.717) is 17.4 Å². The summed E-state index contributed by atoms with van der Waals surface area (Å²) in [6.07, 6.45) is 1.38. The molecule has 2 heterocycles. The molecule has 1 aliphatic rings. The van der Waals surface area contributed by atoms with Crippen LogP contribution in [0.1, 0.15) is 16.1 Å². The van der Waals surface area contributed by atoms with Crippen molar-refractivity contribution >= 4 is 17.6 Å². The summed E-state index contributed by atoms with van der Waals surface area (Å²) in [5, 5.41) is 9.62. The van der Waals surface area contributed by atoms with Crippen LogP contribution in [-0.4, -0.2) is 20.6 Å². The molecule has 1 N–H and O–H groups in total. The van der Waals surface area contributed by atoms with E-state index in [1.165, 1.54) is 6.20 Å². The number of imidazole rings is 1. The van der Waals surface area contributed by atoms with E-state index in [1.54, 1.807) is 10.6 Å². The van der Waals surface area contributed by atoms with Gasteiger partial charge in [-0.1, -0.05) is 17.7 Å². The monoisotopic (exact) mass is 234 g/mol. The van der Waals surface area contributed by atoms with E-state index >= 15 is 0 Å². The van der Waals surface area contributed by atoms with Crippen molar-refractivity contribution in [2.75, 3.05) is 0 Å². The molecule has 0 saturated carbocycles. The molecule has 80 valence electrons. The van der Waals surface area contributed by atoms with Crippen LogP contribution in [0, 0.1) is 0 Å². The fourth-order valence-electron chi connectivity index (χ4n) is 1.99. The predicted molar refractivity (Wildman–Crippen MR) is 58.7 cm³/mol. The minimum absolute atomic E-state index is 0.210. The SMILES string of the molecule is O=C(O)c1cnc2n1Cc1ccc(Cl)cc1-2. The lowest BCUT2D eigenvalue weighted by atomic mass is 10.1. The number of nitrogens with zero attached hydrogens (tertiary/aromatic N) is 2. The number of hydrogen-bond donors (Lipinski definition) is 1. The largest absolute Gasteiger partial charge is 0.477 e. The number of carboxylic acids is 1. The van der Waals surface area contributed by atoms with E-state index in [2.05, 4.69) is 4.98 Å². The number of halogens is 1. The number of carboxylic acid groups (broad SMARTS) is 1. The van der Waals surface area contributed by atoms with Crippen LogP contribution in [0.25, 0.3) is 11.4 Å². The van der Waals surface area contributed by atoms with Crippen LogP contribution in [0.2, 0.25) is 5.02 Å². The summed E-state index contributed by atoms with van der Waals surface area (Å²) in [5.74, 6) is -0.285. The van der Waals surface area contributed by atoms with E-state index in [-0.39, 0.29) is 5.69 Å². The van der Waals surface area contributed by atoms with Crippen LogP contribution in [0.15, 0.2) is 24.4 Å². The van der Waals surface area contributed by atoms with Crippen molar-refractivity contribution in [3.05, 3.63) is 40.7 Å². The van der Waals surface area contributed by atoms with Gasteiger partial charge < -0.3 is 9.67 Å². The zero-order valence-electron chi connectivity index (χ0n) is 8.14. The lowest BCUT2D eigenvalue weighted by Gasteiger charge is -1.98. The molecule has 0 spiro atoms. The lowest BCUT2D eigenvalue weighted by molar-refractivity contribution is 0.0686. The van der Waals surface area contributed by atoms with Crippen LogP contribution < -0.4 is 0 Å². The predicted octanol–water partition coefficient (Wildman–Crippen LogP) is 2.26. The maximum atomic E-state index is 11.0. The molecule has 2 aromatic rings. The molecule has 5 heteroatoms. The quantitative estimate of drug-likeness (QED) is 0.703. The van der Waals surface area contributed by atoms with Crippen LogP contribution in [0.3, 0.4) is 0 Å². The third kappa shape index (κ3) is 1.17. The van der Waals surface area contributed by atoms with E-state index in [0.717, 1.165) is 11.1 Å². The zero-order valence-corrected chi connectivity index (χ0v) is 8.90. The highest BCUT2D eigenvalue weighted by molar-refractivity contribution is 6.30. The van der Waals surface area contributed by atoms with Crippen LogP contribution in [-0.2, 0) is 6.54 Å². The number of benzene rings is 1. The van der Waals surface area contributed by atoms with Gasteiger partial charge in [0.05, 0.1) is 12.7 Å². The highest BCUT2D eigenvalue weighted by Gasteiger charge is 2.24. The molecule has 3 rings (SSSR count). The Balaban J connectivity index is 2.22. The van der Waals surface area contributed by atoms with Crippen molar-refractivity contribution in [2.45, 2.75) is 6.54 Å². The van der Waals surface area contributed by atoms with Gasteiger partial charge in [0.2, 0.25) is 0 Å². The Morgan fingerprint density at radius 3 is 3.06 bits per heavy atom. The van der Waals surface area contributed by atoms with Crippen molar-refractivity contribution in [3.63, 3.8) is 0 Å². The van der Waals surface area contributed by atoms with Gasteiger partial charge >= 0.3 is 5.97 Å². The van der Waals surface area contributed by atoms with Crippen molar-refractivity contribution < 1.29 is 9.90 Å². The normalized spacial score (nSPS) is 12.3. The third-order valence-corrected chi connectivity index (χ3v) is 2.95. The molecule has 16 heavy (non-hydrogen) atoms. The van der Waals surface area contributed by atoms with Gasteiger partial charge in [-0.05, 0) is 17.7 Å². The first-order chi connectivity index (χ1) is 7.66. The highest BCUT2D eigenvalue weighted by atomic mass is 35.5. The van der Waals surface area contributed by atoms with Crippen molar-refractivity contribution in [1.29, 1.82) is 0 Å². The smallest absolute Gasteiger partial charge is 0.354 e. The average Bonchev–Trinajstić information content (AvgIpc) is 2.76. The second-order valence-corrected chi connectivity index (χ2v) is 4.10. The lowest BCUT2D eigenvalue weighted by Crippen LogP contribution is -2.06. The topological polar surface area (TPSA) is 55.1 Å².